The van der Waals surface area contributed by atoms with E-state index in [2.05, 4.69) is 75.2 Å². The first kappa shape index (κ1) is 21.2. The first-order valence-corrected chi connectivity index (χ1v) is 11.4. The molecule has 5 aromatic heterocycles. The Balaban J connectivity index is 1.30. The summed E-state index contributed by atoms with van der Waals surface area (Å²) in [6.07, 6.45) is 9.09. The quantitative estimate of drug-likeness (QED) is 0.375. The van der Waals surface area contributed by atoms with Gasteiger partial charge in [0.1, 0.15) is 16.9 Å². The molecule has 0 bridgehead atoms. The van der Waals surface area contributed by atoms with Gasteiger partial charge in [0.05, 0.1) is 23.6 Å². The van der Waals surface area contributed by atoms with Gasteiger partial charge in [0, 0.05) is 41.0 Å². The van der Waals surface area contributed by atoms with Crippen molar-refractivity contribution in [1.82, 2.24) is 40.3 Å². The summed E-state index contributed by atoms with van der Waals surface area (Å²) >= 11 is 0. The Morgan fingerprint density at radius 1 is 0.879 bits per heavy atom. The lowest BCUT2D eigenvalue weighted by molar-refractivity contribution is 0.665. The lowest BCUT2D eigenvalue weighted by atomic mass is 9.99. The largest absolute Gasteiger partial charge is 0.279 e. The molecular formula is C25H28N8. The Labute approximate surface area is 192 Å². The maximum Gasteiger partial charge on any atom is 0.131 e. The average molecular weight is 441 g/mol. The summed E-state index contributed by atoms with van der Waals surface area (Å²) in [7, 11) is 0. The predicted molar refractivity (Wildman–Crippen MR) is 128 cm³/mol. The van der Waals surface area contributed by atoms with Crippen molar-refractivity contribution in [3.63, 3.8) is 0 Å². The van der Waals surface area contributed by atoms with Gasteiger partial charge in [0.25, 0.3) is 0 Å². The third-order valence-electron chi connectivity index (χ3n) is 6.13. The second kappa shape index (κ2) is 8.69. The zero-order valence-corrected chi connectivity index (χ0v) is 19.4. The van der Waals surface area contributed by atoms with Crippen LogP contribution in [0.4, 0.5) is 0 Å². The van der Waals surface area contributed by atoms with Crippen molar-refractivity contribution >= 4 is 21.9 Å². The number of pyridine rings is 2. The van der Waals surface area contributed by atoms with Crippen LogP contribution in [0.5, 0.6) is 0 Å². The lowest BCUT2D eigenvalue weighted by Crippen LogP contribution is -2.08. The van der Waals surface area contributed by atoms with Crippen molar-refractivity contribution in [3.05, 3.63) is 71.5 Å². The van der Waals surface area contributed by atoms with E-state index in [4.69, 9.17) is 4.98 Å². The van der Waals surface area contributed by atoms with Gasteiger partial charge >= 0.3 is 0 Å². The van der Waals surface area contributed by atoms with E-state index in [9.17, 15) is 0 Å². The third-order valence-corrected chi connectivity index (χ3v) is 6.13. The van der Waals surface area contributed by atoms with E-state index in [0.29, 0.717) is 5.92 Å². The zero-order valence-electron chi connectivity index (χ0n) is 19.4. The number of nitrogens with one attached hydrogen (secondary N) is 2. The number of aromatic nitrogens is 8. The SMILES string of the molecule is CC(C)c1[nH]nc2cc(CC(C)c3nccc(CC(C)c4cc5cn[nH]c5cn4)n3)cnc12. The monoisotopic (exact) mass is 440 g/mol. The van der Waals surface area contributed by atoms with Crippen molar-refractivity contribution in [3.8, 4) is 0 Å². The first-order chi connectivity index (χ1) is 16.0. The van der Waals surface area contributed by atoms with E-state index in [0.717, 1.165) is 63.2 Å². The Bertz CT molecular complexity index is 1400. The molecule has 0 aliphatic heterocycles. The van der Waals surface area contributed by atoms with E-state index in [1.165, 1.54) is 0 Å². The van der Waals surface area contributed by atoms with E-state index in [-0.39, 0.29) is 11.8 Å². The summed E-state index contributed by atoms with van der Waals surface area (Å²) in [6.45, 7) is 8.62. The fourth-order valence-electron chi connectivity index (χ4n) is 4.23. The highest BCUT2D eigenvalue weighted by atomic mass is 15.1. The van der Waals surface area contributed by atoms with Crippen molar-refractivity contribution in [1.29, 1.82) is 0 Å². The first-order valence-electron chi connectivity index (χ1n) is 11.4. The lowest BCUT2D eigenvalue weighted by Gasteiger charge is -2.14. The van der Waals surface area contributed by atoms with Gasteiger partial charge in [0.15, 0.2) is 0 Å². The van der Waals surface area contributed by atoms with Crippen molar-refractivity contribution in [2.45, 2.75) is 58.3 Å². The van der Waals surface area contributed by atoms with E-state index in [1.54, 1.807) is 0 Å². The van der Waals surface area contributed by atoms with Gasteiger partial charge in [-0.1, -0.05) is 27.7 Å². The minimum absolute atomic E-state index is 0.170. The van der Waals surface area contributed by atoms with Gasteiger partial charge in [-0.2, -0.15) is 10.2 Å². The number of rotatable bonds is 7. The fraction of sp³-hybridized carbons (Fsp3) is 0.360. The maximum atomic E-state index is 4.88. The minimum atomic E-state index is 0.170. The smallest absolute Gasteiger partial charge is 0.131 e. The highest BCUT2D eigenvalue weighted by Crippen LogP contribution is 2.25. The molecule has 0 aliphatic carbocycles. The number of aromatic amines is 2. The molecule has 0 radical (unpaired) electrons. The van der Waals surface area contributed by atoms with Crippen LogP contribution in [0.2, 0.25) is 0 Å². The number of nitrogens with zero attached hydrogens (tertiary/aromatic N) is 6. The standard InChI is InChI=1S/C25H28N8/c1-14(2)23-24-21(32-33-23)9-17(11-28-24)7-16(4)25-26-6-5-19(30-25)8-15(3)20-10-18-12-29-31-22(18)13-27-20/h5-6,9-16H,7-8H2,1-4H3,(H,29,31)(H,32,33). The molecule has 5 rings (SSSR count). The third kappa shape index (κ3) is 4.33. The molecule has 0 saturated heterocycles. The summed E-state index contributed by atoms with van der Waals surface area (Å²) in [5.74, 6) is 1.62. The number of hydrogen-bond donors (Lipinski definition) is 2. The zero-order chi connectivity index (χ0) is 22.9. The van der Waals surface area contributed by atoms with Crippen molar-refractivity contribution in [2.75, 3.05) is 0 Å². The molecule has 2 unspecified atom stereocenters. The van der Waals surface area contributed by atoms with Gasteiger partial charge < -0.3 is 0 Å². The van der Waals surface area contributed by atoms with Crippen LogP contribution < -0.4 is 0 Å². The number of fused-ring (bicyclic) bond motifs is 2. The van der Waals surface area contributed by atoms with Gasteiger partial charge in [0.2, 0.25) is 0 Å². The van der Waals surface area contributed by atoms with Crippen LogP contribution in [0, 0.1) is 0 Å². The second-order valence-corrected chi connectivity index (χ2v) is 9.19. The molecule has 33 heavy (non-hydrogen) atoms. The molecule has 0 fully saturated rings. The van der Waals surface area contributed by atoms with Gasteiger partial charge in [-0.3, -0.25) is 20.2 Å². The van der Waals surface area contributed by atoms with Crippen LogP contribution in [-0.4, -0.2) is 40.3 Å². The summed E-state index contributed by atoms with van der Waals surface area (Å²) < 4.78 is 0. The Morgan fingerprint density at radius 2 is 1.76 bits per heavy atom. The highest BCUT2D eigenvalue weighted by molar-refractivity contribution is 5.78. The van der Waals surface area contributed by atoms with Crippen LogP contribution in [0.15, 0.2) is 43.0 Å². The van der Waals surface area contributed by atoms with Gasteiger partial charge in [-0.05, 0) is 42.5 Å². The van der Waals surface area contributed by atoms with Gasteiger partial charge in [-0.15, -0.1) is 0 Å². The predicted octanol–water partition coefficient (Wildman–Crippen LogP) is 4.84. The Hall–Kier alpha value is -3.68. The van der Waals surface area contributed by atoms with E-state index in [1.807, 2.05) is 30.9 Å². The van der Waals surface area contributed by atoms with Crippen molar-refractivity contribution in [2.24, 2.45) is 0 Å². The van der Waals surface area contributed by atoms with Crippen molar-refractivity contribution < 1.29 is 0 Å². The fourth-order valence-corrected chi connectivity index (χ4v) is 4.23. The number of H-pyrrole nitrogens is 2. The van der Waals surface area contributed by atoms with Crippen LogP contribution >= 0.6 is 0 Å². The summed E-state index contributed by atoms with van der Waals surface area (Å²) in [5.41, 5.74) is 7.09. The van der Waals surface area contributed by atoms with Crippen LogP contribution in [0.1, 0.15) is 73.9 Å². The average Bonchev–Trinajstić information content (AvgIpc) is 3.45. The summed E-state index contributed by atoms with van der Waals surface area (Å²) in [5, 5.41) is 15.7. The molecule has 0 saturated carbocycles. The van der Waals surface area contributed by atoms with E-state index < -0.39 is 0 Å². The molecular weight excluding hydrogens is 412 g/mol. The summed E-state index contributed by atoms with van der Waals surface area (Å²) in [6, 6.07) is 6.20. The highest BCUT2D eigenvalue weighted by Gasteiger charge is 2.16. The van der Waals surface area contributed by atoms with E-state index >= 15 is 0 Å². The van der Waals surface area contributed by atoms with Gasteiger partial charge in [-0.25, -0.2) is 9.97 Å². The molecule has 0 spiro atoms. The minimum Gasteiger partial charge on any atom is -0.279 e. The molecule has 0 aromatic carbocycles. The maximum absolute atomic E-state index is 4.88. The molecule has 0 amide bonds. The van der Waals surface area contributed by atoms with Crippen LogP contribution in [0.25, 0.3) is 21.9 Å². The molecule has 0 aliphatic rings. The second-order valence-electron chi connectivity index (χ2n) is 9.19. The van der Waals surface area contributed by atoms with Crippen LogP contribution in [0.3, 0.4) is 0 Å². The normalized spacial score (nSPS) is 13.7. The van der Waals surface area contributed by atoms with Crippen LogP contribution in [-0.2, 0) is 12.8 Å². The molecule has 2 atom stereocenters. The molecule has 2 N–H and O–H groups in total. The Morgan fingerprint density at radius 3 is 2.61 bits per heavy atom. The molecule has 5 aromatic rings. The molecule has 168 valence electrons. The topological polar surface area (TPSA) is 109 Å². The Kier molecular flexibility index (Phi) is 5.58. The molecule has 5 heterocycles. The molecule has 8 nitrogen and oxygen atoms in total. The molecule has 8 heteroatoms. The number of hydrogen-bond acceptors (Lipinski definition) is 6. The summed E-state index contributed by atoms with van der Waals surface area (Å²) in [4.78, 5) is 18.7.